The zero-order valence-corrected chi connectivity index (χ0v) is 10.5. The number of alkyl halides is 3. The second-order valence-electron chi connectivity index (χ2n) is 4.43. The first-order chi connectivity index (χ1) is 9.47. The third kappa shape index (κ3) is 3.91. The molecule has 8 heteroatoms. The number of piperidine rings is 1. The maximum Gasteiger partial charge on any atom is 0.433 e. The Bertz CT molecular complexity index is 473. The van der Waals surface area contributed by atoms with E-state index in [9.17, 15) is 18.0 Å². The summed E-state index contributed by atoms with van der Waals surface area (Å²) in [6.45, 7) is 1.57. The van der Waals surface area contributed by atoms with Gasteiger partial charge in [0.05, 0.1) is 6.10 Å². The van der Waals surface area contributed by atoms with Gasteiger partial charge in [0.1, 0.15) is 5.69 Å². The van der Waals surface area contributed by atoms with E-state index in [1.807, 2.05) is 0 Å². The van der Waals surface area contributed by atoms with Crippen molar-refractivity contribution in [2.45, 2.75) is 25.1 Å². The van der Waals surface area contributed by atoms with Crippen molar-refractivity contribution in [3.8, 4) is 0 Å². The number of nitrogens with one attached hydrogen (secondary N) is 2. The number of hydroxylamine groups is 1. The van der Waals surface area contributed by atoms with E-state index in [1.165, 1.54) is 6.07 Å². The molecule has 0 spiro atoms. The van der Waals surface area contributed by atoms with E-state index in [4.69, 9.17) is 4.84 Å². The highest BCUT2D eigenvalue weighted by molar-refractivity contribution is 5.93. The summed E-state index contributed by atoms with van der Waals surface area (Å²) < 4.78 is 37.4. The van der Waals surface area contributed by atoms with Crippen LogP contribution >= 0.6 is 0 Å². The van der Waals surface area contributed by atoms with Crippen LogP contribution in [0.15, 0.2) is 18.3 Å². The van der Waals surface area contributed by atoms with Crippen LogP contribution in [0.2, 0.25) is 0 Å². The molecule has 0 radical (unpaired) electrons. The first-order valence-corrected chi connectivity index (χ1v) is 6.17. The van der Waals surface area contributed by atoms with Gasteiger partial charge in [0, 0.05) is 11.8 Å². The van der Waals surface area contributed by atoms with Gasteiger partial charge in [0.2, 0.25) is 0 Å². The Hall–Kier alpha value is -1.67. The average Bonchev–Trinajstić information content (AvgIpc) is 2.45. The van der Waals surface area contributed by atoms with E-state index in [0.717, 1.165) is 32.1 Å². The van der Waals surface area contributed by atoms with Crippen LogP contribution in [0.3, 0.4) is 0 Å². The van der Waals surface area contributed by atoms with Gasteiger partial charge in [-0.05, 0) is 38.1 Å². The Kier molecular flexibility index (Phi) is 4.56. The van der Waals surface area contributed by atoms with Gasteiger partial charge in [-0.2, -0.15) is 13.2 Å². The monoisotopic (exact) mass is 289 g/mol. The van der Waals surface area contributed by atoms with Crippen LogP contribution in [-0.4, -0.2) is 30.1 Å². The van der Waals surface area contributed by atoms with E-state index in [0.29, 0.717) is 6.07 Å². The molecular weight excluding hydrogens is 275 g/mol. The molecule has 0 aromatic carbocycles. The Balaban J connectivity index is 1.95. The zero-order chi connectivity index (χ0) is 14.6. The molecule has 1 aliphatic heterocycles. The minimum Gasteiger partial charge on any atom is -0.317 e. The molecule has 0 bridgehead atoms. The first-order valence-electron chi connectivity index (χ1n) is 6.17. The van der Waals surface area contributed by atoms with E-state index in [1.54, 1.807) is 0 Å². The number of aromatic nitrogens is 1. The fraction of sp³-hybridized carbons (Fsp3) is 0.500. The molecular formula is C12H14F3N3O2. The molecule has 2 N–H and O–H groups in total. The molecule has 1 amide bonds. The molecule has 0 saturated carbocycles. The zero-order valence-electron chi connectivity index (χ0n) is 10.5. The number of pyridine rings is 1. The molecule has 1 aromatic rings. The molecule has 2 heterocycles. The number of halogens is 3. The topological polar surface area (TPSA) is 63.2 Å². The van der Waals surface area contributed by atoms with Gasteiger partial charge < -0.3 is 5.32 Å². The van der Waals surface area contributed by atoms with E-state index < -0.39 is 17.8 Å². The maximum absolute atomic E-state index is 12.5. The van der Waals surface area contributed by atoms with Crippen LogP contribution in [-0.2, 0) is 11.0 Å². The van der Waals surface area contributed by atoms with Crippen molar-refractivity contribution in [1.82, 2.24) is 15.8 Å². The third-order valence-corrected chi connectivity index (χ3v) is 2.92. The highest BCUT2D eigenvalue weighted by atomic mass is 19.4. The van der Waals surface area contributed by atoms with Crippen molar-refractivity contribution in [2.24, 2.45) is 0 Å². The largest absolute Gasteiger partial charge is 0.433 e. The first kappa shape index (κ1) is 14.7. The second-order valence-corrected chi connectivity index (χ2v) is 4.43. The normalized spacial score (nSPS) is 16.9. The fourth-order valence-corrected chi connectivity index (χ4v) is 1.84. The Morgan fingerprint density at radius 3 is 2.75 bits per heavy atom. The van der Waals surface area contributed by atoms with Crippen molar-refractivity contribution in [1.29, 1.82) is 0 Å². The molecule has 110 valence electrons. The summed E-state index contributed by atoms with van der Waals surface area (Å²) >= 11 is 0. The molecule has 1 aromatic heterocycles. The van der Waals surface area contributed by atoms with Crippen molar-refractivity contribution in [2.75, 3.05) is 13.1 Å². The van der Waals surface area contributed by atoms with Crippen molar-refractivity contribution in [3.05, 3.63) is 29.6 Å². The molecule has 0 atom stereocenters. The highest BCUT2D eigenvalue weighted by Crippen LogP contribution is 2.27. The van der Waals surface area contributed by atoms with E-state index in [2.05, 4.69) is 15.8 Å². The summed E-state index contributed by atoms with van der Waals surface area (Å²) in [6, 6.07) is 1.90. The van der Waals surface area contributed by atoms with E-state index in [-0.39, 0.29) is 11.7 Å². The van der Waals surface area contributed by atoms with Gasteiger partial charge in [-0.25, -0.2) is 5.48 Å². The fourth-order valence-electron chi connectivity index (χ4n) is 1.84. The molecule has 2 rings (SSSR count). The van der Waals surface area contributed by atoms with Gasteiger partial charge in [-0.15, -0.1) is 0 Å². The van der Waals surface area contributed by atoms with Crippen LogP contribution in [0.5, 0.6) is 0 Å². The van der Waals surface area contributed by atoms with Gasteiger partial charge >= 0.3 is 6.18 Å². The molecule has 0 aliphatic carbocycles. The summed E-state index contributed by atoms with van der Waals surface area (Å²) in [6.07, 6.45) is -2.27. The van der Waals surface area contributed by atoms with E-state index >= 15 is 0 Å². The number of nitrogens with zero attached hydrogens (tertiary/aromatic N) is 1. The molecule has 1 saturated heterocycles. The minimum absolute atomic E-state index is 0.121. The number of hydrogen-bond donors (Lipinski definition) is 2. The Morgan fingerprint density at radius 2 is 2.10 bits per heavy atom. The lowest BCUT2D eigenvalue weighted by atomic mass is 10.1. The number of hydrogen-bond acceptors (Lipinski definition) is 4. The number of amides is 1. The van der Waals surface area contributed by atoms with Crippen LogP contribution in [0, 0.1) is 0 Å². The van der Waals surface area contributed by atoms with Crippen LogP contribution < -0.4 is 10.8 Å². The highest BCUT2D eigenvalue weighted by Gasteiger charge is 2.33. The van der Waals surface area contributed by atoms with Crippen molar-refractivity contribution in [3.63, 3.8) is 0 Å². The molecule has 20 heavy (non-hydrogen) atoms. The van der Waals surface area contributed by atoms with Crippen LogP contribution in [0.4, 0.5) is 13.2 Å². The van der Waals surface area contributed by atoms with Crippen molar-refractivity contribution >= 4 is 5.91 Å². The van der Waals surface area contributed by atoms with Gasteiger partial charge in [-0.3, -0.25) is 14.6 Å². The smallest absolute Gasteiger partial charge is 0.317 e. The lowest BCUT2D eigenvalue weighted by Gasteiger charge is -2.22. The van der Waals surface area contributed by atoms with Crippen LogP contribution in [0.1, 0.15) is 28.9 Å². The summed E-state index contributed by atoms with van der Waals surface area (Å²) in [5.41, 5.74) is 0.943. The average molecular weight is 289 g/mol. The third-order valence-electron chi connectivity index (χ3n) is 2.92. The second kappa shape index (κ2) is 6.19. The quantitative estimate of drug-likeness (QED) is 0.828. The van der Waals surface area contributed by atoms with Crippen LogP contribution in [0.25, 0.3) is 0 Å². The summed E-state index contributed by atoms with van der Waals surface area (Å²) in [5, 5.41) is 3.13. The van der Waals surface area contributed by atoms with Gasteiger partial charge in [-0.1, -0.05) is 0 Å². The molecule has 5 nitrogen and oxygen atoms in total. The lowest BCUT2D eigenvalue weighted by Crippen LogP contribution is -2.37. The van der Waals surface area contributed by atoms with Crippen molar-refractivity contribution < 1.29 is 22.8 Å². The summed E-state index contributed by atoms with van der Waals surface area (Å²) in [4.78, 5) is 20.1. The standard InChI is InChI=1S/C12H14F3N3O2/c13-12(14,15)10-7-8(1-6-17-10)11(19)18-20-9-2-4-16-5-3-9/h1,6-7,9,16H,2-5H2,(H,18,19). The number of carbonyl (C=O) groups is 1. The molecule has 1 aliphatic rings. The predicted octanol–water partition coefficient (Wildman–Crippen LogP) is 1.51. The number of rotatable bonds is 3. The summed E-state index contributed by atoms with van der Waals surface area (Å²) in [7, 11) is 0. The molecule has 1 fully saturated rings. The Morgan fingerprint density at radius 1 is 1.40 bits per heavy atom. The minimum atomic E-state index is -4.58. The van der Waals surface area contributed by atoms with Gasteiger partial charge in [0.25, 0.3) is 5.91 Å². The lowest BCUT2D eigenvalue weighted by molar-refractivity contribution is -0.141. The van der Waals surface area contributed by atoms with Gasteiger partial charge in [0.15, 0.2) is 0 Å². The summed E-state index contributed by atoms with van der Waals surface area (Å²) in [5.74, 6) is -0.712. The molecule has 0 unspecified atom stereocenters. The maximum atomic E-state index is 12.5. The Labute approximate surface area is 113 Å². The SMILES string of the molecule is O=C(NOC1CCNCC1)c1ccnc(C(F)(F)F)c1. The number of carbonyl (C=O) groups excluding carboxylic acids is 1. The predicted molar refractivity (Wildman–Crippen MR) is 63.7 cm³/mol.